The van der Waals surface area contributed by atoms with Crippen molar-refractivity contribution in [3.63, 3.8) is 0 Å². The molecule has 6 N–H and O–H groups in total. The molecule has 3 aromatic carbocycles. The molecule has 4 rings (SSSR count). The number of benzene rings is 3. The van der Waals surface area contributed by atoms with E-state index in [0.29, 0.717) is 6.54 Å². The molecule has 0 unspecified atom stereocenters. The molecule has 0 amide bonds. The third-order valence-corrected chi connectivity index (χ3v) is 10.3. The van der Waals surface area contributed by atoms with E-state index in [1.165, 1.54) is 12.0 Å². The smallest absolute Gasteiger partial charge is 0.414 e. The number of nitrogens with one attached hydrogen (secondary N) is 1. The van der Waals surface area contributed by atoms with Crippen LogP contribution in [-0.4, -0.2) is 61.4 Å². The number of aryl methyl sites for hydroxylation is 1. The van der Waals surface area contributed by atoms with Gasteiger partial charge >= 0.3 is 11.9 Å². The molecule has 1 heterocycles. The van der Waals surface area contributed by atoms with Crippen molar-refractivity contribution in [1.82, 2.24) is 5.32 Å². The Balaban J connectivity index is 0.000000798. The molecule has 7 nitrogen and oxygen atoms in total. The summed E-state index contributed by atoms with van der Waals surface area (Å²) in [5, 5.41) is 30.8. The van der Waals surface area contributed by atoms with Crippen LogP contribution in [0.25, 0.3) is 0 Å². The molecule has 0 spiro atoms. The van der Waals surface area contributed by atoms with Gasteiger partial charge in [-0.3, -0.25) is 0 Å². The Morgan fingerprint density at radius 2 is 1.31 bits per heavy atom. The molecule has 0 saturated carbocycles. The summed E-state index contributed by atoms with van der Waals surface area (Å²) in [5.74, 6) is 5.18. The Hall–Kier alpha value is -3.26. The summed E-state index contributed by atoms with van der Waals surface area (Å²) in [6.45, 7) is 1.69. The highest BCUT2D eigenvalue weighted by molar-refractivity contribution is 8.18. The zero-order valence-electron chi connectivity index (χ0n) is 23.5. The first-order chi connectivity index (χ1) is 19.9. The molecule has 0 aromatic heterocycles. The summed E-state index contributed by atoms with van der Waals surface area (Å²) < 4.78 is -0.369. The van der Waals surface area contributed by atoms with Crippen LogP contribution in [0.5, 0.6) is 0 Å². The van der Waals surface area contributed by atoms with Gasteiger partial charge < -0.3 is 26.1 Å². The molecule has 1 aliphatic rings. The van der Waals surface area contributed by atoms with E-state index in [0.717, 1.165) is 54.9 Å². The van der Waals surface area contributed by atoms with E-state index in [1.807, 2.05) is 59.9 Å². The fraction of sp³-hybridized carbons (Fsp3) is 0.333. The van der Waals surface area contributed by atoms with Crippen LogP contribution in [0.4, 0.5) is 0 Å². The summed E-state index contributed by atoms with van der Waals surface area (Å²) in [7, 11) is 0. The first-order valence-corrected chi connectivity index (χ1v) is 15.6. The van der Waals surface area contributed by atoms with Crippen LogP contribution >= 0.6 is 23.5 Å². The average Bonchev–Trinajstić information content (AvgIpc) is 3.02. The van der Waals surface area contributed by atoms with Crippen molar-refractivity contribution in [3.8, 4) is 11.8 Å². The van der Waals surface area contributed by atoms with Gasteiger partial charge in [-0.1, -0.05) is 96.9 Å². The number of hydrogen-bond donors (Lipinski definition) is 4. The van der Waals surface area contributed by atoms with Crippen molar-refractivity contribution in [2.45, 2.75) is 41.8 Å². The molecular weight excluding hydrogens is 570 g/mol. The van der Waals surface area contributed by atoms with Crippen molar-refractivity contribution in [2.75, 3.05) is 24.6 Å². The van der Waals surface area contributed by atoms with Crippen LogP contribution in [0.2, 0.25) is 0 Å². The Kier molecular flexibility index (Phi) is 15.2. The highest BCUT2D eigenvalue weighted by Crippen LogP contribution is 2.58. The van der Waals surface area contributed by atoms with Crippen molar-refractivity contribution in [1.29, 1.82) is 0 Å². The minimum absolute atomic E-state index is 0. The summed E-state index contributed by atoms with van der Waals surface area (Å²) in [6, 6.07) is 31.0. The molecule has 9 heteroatoms. The Bertz CT molecular complexity index is 1220. The van der Waals surface area contributed by atoms with Gasteiger partial charge in [0.2, 0.25) is 0 Å². The highest BCUT2D eigenvalue weighted by Gasteiger charge is 2.54. The van der Waals surface area contributed by atoms with Gasteiger partial charge in [0, 0.05) is 6.42 Å². The first-order valence-electron chi connectivity index (χ1n) is 13.7. The number of carboxylic acids is 2. The van der Waals surface area contributed by atoms with Gasteiger partial charge in [0.15, 0.2) is 0 Å². The Morgan fingerprint density at radius 3 is 1.81 bits per heavy atom. The van der Waals surface area contributed by atoms with Crippen LogP contribution in [0.15, 0.2) is 91.0 Å². The number of carbonyl (C=O) groups is 2. The second-order valence-corrected chi connectivity index (χ2v) is 12.5. The minimum atomic E-state index is -1.82. The SMILES string of the molecule is O.O=C(O)C(=O)O.OC(c1ccccc1)(c1ccccc1)C1(CCC#CCNCCCc2ccccc2)SCCCS1. The molecule has 0 aliphatic carbocycles. The fourth-order valence-corrected chi connectivity index (χ4v) is 8.30. The van der Waals surface area contributed by atoms with Crippen molar-refractivity contribution in [3.05, 3.63) is 108 Å². The van der Waals surface area contributed by atoms with E-state index in [2.05, 4.69) is 71.8 Å². The average molecular weight is 610 g/mol. The van der Waals surface area contributed by atoms with Gasteiger partial charge in [0.25, 0.3) is 0 Å². The van der Waals surface area contributed by atoms with E-state index in [9.17, 15) is 5.11 Å². The van der Waals surface area contributed by atoms with Crippen LogP contribution in [0, 0.1) is 11.8 Å². The summed E-state index contributed by atoms with van der Waals surface area (Å²) in [4.78, 5) is 18.2. The lowest BCUT2D eigenvalue weighted by molar-refractivity contribution is -0.159. The van der Waals surface area contributed by atoms with Gasteiger partial charge in [-0.2, -0.15) is 0 Å². The number of hydrogen-bond acceptors (Lipinski definition) is 6. The molecule has 1 fully saturated rings. The van der Waals surface area contributed by atoms with E-state index in [-0.39, 0.29) is 9.56 Å². The topological polar surface area (TPSA) is 138 Å². The third-order valence-electron chi connectivity index (χ3n) is 6.66. The standard InChI is InChI=1S/C31H35NOS2.C2H2O4.H2O/c33-31(28-18-7-2-8-19-28,29-20-9-3-10-21-29)30(34-25-14-26-35-30)22-11-4-12-23-32-24-13-17-27-15-5-1-6-16-27;3-1(4)2(5)6;/h1-3,5-10,15-16,18-21,32-33H,11,13-14,17,22-26H2;(H,3,4)(H,5,6);1H2. The molecule has 1 saturated heterocycles. The molecule has 1 aliphatic heterocycles. The maximum Gasteiger partial charge on any atom is 0.414 e. The Morgan fingerprint density at radius 1 is 0.810 bits per heavy atom. The van der Waals surface area contributed by atoms with E-state index in [1.54, 1.807) is 0 Å². The lowest BCUT2D eigenvalue weighted by Crippen LogP contribution is -2.49. The number of aliphatic hydroxyl groups is 1. The van der Waals surface area contributed by atoms with Gasteiger partial charge in [0.1, 0.15) is 5.60 Å². The summed E-state index contributed by atoms with van der Waals surface area (Å²) >= 11 is 3.82. The second kappa shape index (κ2) is 18.3. The lowest BCUT2D eigenvalue weighted by atomic mass is 9.81. The predicted octanol–water partition coefficient (Wildman–Crippen LogP) is 4.83. The maximum atomic E-state index is 12.5. The fourth-order valence-electron chi connectivity index (χ4n) is 4.67. The maximum absolute atomic E-state index is 12.5. The van der Waals surface area contributed by atoms with Crippen molar-refractivity contribution >= 4 is 35.5 Å². The minimum Gasteiger partial charge on any atom is -0.473 e. The monoisotopic (exact) mass is 609 g/mol. The third kappa shape index (κ3) is 9.93. The van der Waals surface area contributed by atoms with Gasteiger partial charge in [-0.25, -0.2) is 9.59 Å². The number of carboxylic acid groups (broad SMARTS) is 2. The number of aliphatic carboxylic acids is 2. The van der Waals surface area contributed by atoms with Crippen molar-refractivity contribution < 1.29 is 30.4 Å². The zero-order chi connectivity index (χ0) is 29.4. The zero-order valence-corrected chi connectivity index (χ0v) is 25.1. The van der Waals surface area contributed by atoms with Crippen molar-refractivity contribution in [2.24, 2.45) is 0 Å². The van der Waals surface area contributed by atoms with Gasteiger partial charge in [0.05, 0.1) is 10.6 Å². The molecule has 0 radical (unpaired) electrons. The Labute approximate surface area is 256 Å². The van der Waals surface area contributed by atoms with E-state index < -0.39 is 17.5 Å². The lowest BCUT2D eigenvalue weighted by Gasteiger charge is -2.49. The molecular formula is C33H39NO6S2. The summed E-state index contributed by atoms with van der Waals surface area (Å²) in [5.41, 5.74) is 2.22. The molecule has 0 bridgehead atoms. The van der Waals surface area contributed by atoms with E-state index in [4.69, 9.17) is 19.8 Å². The summed E-state index contributed by atoms with van der Waals surface area (Å²) in [6.07, 6.45) is 4.99. The molecule has 3 aromatic rings. The normalized spacial score (nSPS) is 13.7. The van der Waals surface area contributed by atoms with Gasteiger partial charge in [-0.05, 0) is 60.4 Å². The van der Waals surface area contributed by atoms with Crippen LogP contribution < -0.4 is 5.32 Å². The van der Waals surface area contributed by atoms with Crippen LogP contribution in [-0.2, 0) is 21.6 Å². The second-order valence-electron chi connectivity index (χ2n) is 9.48. The number of thioether (sulfide) groups is 2. The number of rotatable bonds is 10. The quantitative estimate of drug-likeness (QED) is 0.146. The van der Waals surface area contributed by atoms with Gasteiger partial charge in [-0.15, -0.1) is 29.4 Å². The first kappa shape index (κ1) is 34.9. The molecule has 0 atom stereocenters. The van der Waals surface area contributed by atoms with Crippen LogP contribution in [0.3, 0.4) is 0 Å². The van der Waals surface area contributed by atoms with Crippen LogP contribution in [0.1, 0.15) is 42.4 Å². The molecule has 224 valence electrons. The highest BCUT2D eigenvalue weighted by atomic mass is 32.2. The predicted molar refractivity (Wildman–Crippen MR) is 172 cm³/mol. The largest absolute Gasteiger partial charge is 0.473 e. The molecule has 42 heavy (non-hydrogen) atoms. The van der Waals surface area contributed by atoms with E-state index >= 15 is 0 Å².